The van der Waals surface area contributed by atoms with Crippen molar-refractivity contribution in [2.45, 2.75) is 13.8 Å². The lowest BCUT2D eigenvalue weighted by Gasteiger charge is -2.17. The molecular formula is C22H19N3O4. The average molecular weight is 389 g/mol. The molecule has 0 spiro atoms. The van der Waals surface area contributed by atoms with Crippen LogP contribution in [0.3, 0.4) is 0 Å². The summed E-state index contributed by atoms with van der Waals surface area (Å²) >= 11 is 0. The molecule has 0 saturated carbocycles. The van der Waals surface area contributed by atoms with Crippen molar-refractivity contribution in [2.75, 3.05) is 10.6 Å². The highest BCUT2D eigenvalue weighted by atomic mass is 16.3. The molecule has 0 atom stereocenters. The molecule has 29 heavy (non-hydrogen) atoms. The van der Waals surface area contributed by atoms with E-state index in [2.05, 4.69) is 15.8 Å². The molecule has 0 radical (unpaired) electrons. The molecule has 0 saturated heterocycles. The second-order valence-corrected chi connectivity index (χ2v) is 6.43. The number of nitrogens with one attached hydrogen (secondary N) is 2. The van der Waals surface area contributed by atoms with Crippen LogP contribution in [0.1, 0.15) is 31.8 Å². The van der Waals surface area contributed by atoms with Crippen molar-refractivity contribution in [1.82, 2.24) is 0 Å². The van der Waals surface area contributed by atoms with Crippen LogP contribution >= 0.6 is 0 Å². The summed E-state index contributed by atoms with van der Waals surface area (Å²) < 4.78 is 0. The van der Waals surface area contributed by atoms with E-state index in [4.69, 9.17) is 0 Å². The molecule has 0 fully saturated rings. The van der Waals surface area contributed by atoms with Crippen LogP contribution in [0.15, 0.2) is 65.8 Å². The lowest BCUT2D eigenvalue weighted by atomic mass is 9.94. The first-order valence-electron chi connectivity index (χ1n) is 8.86. The number of para-hydroxylation sites is 2. The standard InChI is InChI=1S/C22H19N3O4/c1-13-17(21(27)23-15-9-5-3-6-10-15)20(26)18(14(2)19(13)25-29)22(28)24-16-11-7-4-8-12-16/h3-12,26H,1-2H3,(H,23,27)(H,24,28). The lowest BCUT2D eigenvalue weighted by molar-refractivity contribution is 0.102. The number of hydrogen-bond acceptors (Lipinski definition) is 5. The van der Waals surface area contributed by atoms with E-state index in [-0.39, 0.29) is 27.9 Å². The topological polar surface area (TPSA) is 108 Å². The highest BCUT2D eigenvalue weighted by Crippen LogP contribution is 2.38. The summed E-state index contributed by atoms with van der Waals surface area (Å²) in [5.74, 6) is -1.80. The van der Waals surface area contributed by atoms with Crippen LogP contribution in [0.2, 0.25) is 0 Å². The highest BCUT2D eigenvalue weighted by Gasteiger charge is 2.28. The molecule has 146 valence electrons. The normalized spacial score (nSPS) is 10.3. The number of nitroso groups, excluding NO2 is 1. The van der Waals surface area contributed by atoms with Crippen LogP contribution in [0.5, 0.6) is 5.75 Å². The van der Waals surface area contributed by atoms with Crippen LogP contribution in [0.25, 0.3) is 0 Å². The Hall–Kier alpha value is -4.00. The van der Waals surface area contributed by atoms with E-state index in [0.717, 1.165) is 0 Å². The lowest BCUT2D eigenvalue weighted by Crippen LogP contribution is -2.19. The Labute approximate surface area is 167 Å². The Morgan fingerprint density at radius 3 is 1.48 bits per heavy atom. The van der Waals surface area contributed by atoms with Gasteiger partial charge in [0.25, 0.3) is 11.8 Å². The van der Waals surface area contributed by atoms with Gasteiger partial charge in [0.2, 0.25) is 0 Å². The third-order valence-electron chi connectivity index (χ3n) is 4.54. The van der Waals surface area contributed by atoms with E-state index in [1.165, 1.54) is 13.8 Å². The molecule has 3 N–H and O–H groups in total. The van der Waals surface area contributed by atoms with Crippen LogP contribution in [-0.4, -0.2) is 16.9 Å². The molecule has 3 aromatic rings. The minimum atomic E-state index is -0.648. The predicted molar refractivity (Wildman–Crippen MR) is 112 cm³/mol. The zero-order chi connectivity index (χ0) is 21.0. The van der Waals surface area contributed by atoms with Crippen LogP contribution in [0.4, 0.5) is 17.1 Å². The number of amides is 2. The van der Waals surface area contributed by atoms with Crippen molar-refractivity contribution in [3.05, 3.63) is 87.8 Å². The molecule has 0 bridgehead atoms. The molecule has 7 nitrogen and oxygen atoms in total. The van der Waals surface area contributed by atoms with Crippen LogP contribution in [-0.2, 0) is 0 Å². The van der Waals surface area contributed by atoms with Gasteiger partial charge in [0.1, 0.15) is 11.4 Å². The Morgan fingerprint density at radius 1 is 0.759 bits per heavy atom. The van der Waals surface area contributed by atoms with Gasteiger partial charge in [-0.05, 0) is 54.4 Å². The summed E-state index contributed by atoms with van der Waals surface area (Å²) in [6.07, 6.45) is 0. The van der Waals surface area contributed by atoms with Gasteiger partial charge in [-0.15, -0.1) is 4.91 Å². The zero-order valence-corrected chi connectivity index (χ0v) is 15.9. The summed E-state index contributed by atoms with van der Waals surface area (Å²) in [6, 6.07) is 17.3. The number of carbonyl (C=O) groups is 2. The number of anilines is 2. The number of carbonyl (C=O) groups excluding carboxylic acids is 2. The molecule has 0 aromatic heterocycles. The first-order chi connectivity index (χ1) is 13.9. The Morgan fingerprint density at radius 2 is 1.14 bits per heavy atom. The number of rotatable bonds is 5. The van der Waals surface area contributed by atoms with E-state index in [1.807, 2.05) is 0 Å². The second-order valence-electron chi connectivity index (χ2n) is 6.43. The van der Waals surface area contributed by atoms with Crippen molar-refractivity contribution >= 4 is 28.9 Å². The monoisotopic (exact) mass is 389 g/mol. The van der Waals surface area contributed by atoms with Gasteiger partial charge in [0, 0.05) is 11.4 Å². The molecule has 2 amide bonds. The maximum absolute atomic E-state index is 12.8. The van der Waals surface area contributed by atoms with E-state index in [0.29, 0.717) is 11.4 Å². The summed E-state index contributed by atoms with van der Waals surface area (Å²) in [4.78, 5) is 37.1. The molecule has 0 aliphatic heterocycles. The van der Waals surface area contributed by atoms with Crippen molar-refractivity contribution in [1.29, 1.82) is 0 Å². The highest BCUT2D eigenvalue weighted by molar-refractivity contribution is 6.14. The number of phenolic OH excluding ortho intramolecular Hbond substituents is 1. The van der Waals surface area contributed by atoms with Crippen LogP contribution in [0, 0.1) is 18.8 Å². The van der Waals surface area contributed by atoms with E-state index >= 15 is 0 Å². The van der Waals surface area contributed by atoms with Gasteiger partial charge in [-0.25, -0.2) is 0 Å². The predicted octanol–water partition coefficient (Wildman–Crippen LogP) is 4.91. The average Bonchev–Trinajstić information content (AvgIpc) is 2.69. The number of benzene rings is 3. The Kier molecular flexibility index (Phi) is 5.69. The molecule has 0 heterocycles. The molecule has 3 rings (SSSR count). The zero-order valence-electron chi connectivity index (χ0n) is 15.9. The first-order valence-corrected chi connectivity index (χ1v) is 8.86. The van der Waals surface area contributed by atoms with Crippen molar-refractivity contribution in [3.8, 4) is 5.75 Å². The Balaban J connectivity index is 2.07. The van der Waals surface area contributed by atoms with Crippen molar-refractivity contribution < 1.29 is 14.7 Å². The summed E-state index contributed by atoms with van der Waals surface area (Å²) in [6.45, 7) is 3.00. The number of hydrogen-bond donors (Lipinski definition) is 3. The van der Waals surface area contributed by atoms with Gasteiger partial charge in [-0.1, -0.05) is 36.4 Å². The minimum Gasteiger partial charge on any atom is -0.506 e. The number of aromatic hydroxyl groups is 1. The third kappa shape index (κ3) is 3.98. The van der Waals surface area contributed by atoms with E-state index in [1.54, 1.807) is 60.7 Å². The smallest absolute Gasteiger partial charge is 0.259 e. The third-order valence-corrected chi connectivity index (χ3v) is 4.54. The molecule has 3 aromatic carbocycles. The van der Waals surface area contributed by atoms with Gasteiger partial charge >= 0.3 is 0 Å². The summed E-state index contributed by atoms with van der Waals surface area (Å²) in [7, 11) is 0. The van der Waals surface area contributed by atoms with Gasteiger partial charge in [-0.2, -0.15) is 0 Å². The maximum Gasteiger partial charge on any atom is 0.259 e. The fraction of sp³-hybridized carbons (Fsp3) is 0.0909. The largest absolute Gasteiger partial charge is 0.506 e. The molecule has 0 aliphatic rings. The molecule has 7 heteroatoms. The van der Waals surface area contributed by atoms with E-state index < -0.39 is 17.6 Å². The summed E-state index contributed by atoms with van der Waals surface area (Å²) in [5.41, 5.74) is 0.999. The molecule has 0 unspecified atom stereocenters. The van der Waals surface area contributed by atoms with Gasteiger partial charge in [0.05, 0.1) is 11.1 Å². The molecular weight excluding hydrogens is 370 g/mol. The van der Waals surface area contributed by atoms with Crippen LogP contribution < -0.4 is 10.6 Å². The first kappa shape index (κ1) is 19.8. The summed E-state index contributed by atoms with van der Waals surface area (Å²) in [5, 5.41) is 19.1. The Bertz CT molecular complexity index is 1000. The SMILES string of the molecule is Cc1c(N=O)c(C)c(C(=O)Nc2ccccc2)c(O)c1C(=O)Nc1ccccc1. The maximum atomic E-state index is 12.8. The van der Waals surface area contributed by atoms with Gasteiger partial charge in [-0.3, -0.25) is 9.59 Å². The van der Waals surface area contributed by atoms with E-state index in [9.17, 15) is 19.6 Å². The van der Waals surface area contributed by atoms with Crippen molar-refractivity contribution in [2.24, 2.45) is 5.18 Å². The fourth-order valence-electron chi connectivity index (χ4n) is 3.12. The molecule has 0 aliphatic carbocycles. The van der Waals surface area contributed by atoms with Crippen molar-refractivity contribution in [3.63, 3.8) is 0 Å². The van der Waals surface area contributed by atoms with Gasteiger partial charge < -0.3 is 15.7 Å². The fourth-order valence-corrected chi connectivity index (χ4v) is 3.12. The quantitative estimate of drug-likeness (QED) is 0.539. The number of nitrogens with zero attached hydrogens (tertiary/aromatic N) is 1. The van der Waals surface area contributed by atoms with Gasteiger partial charge in [0.15, 0.2) is 0 Å². The minimum absolute atomic E-state index is 0.0563. The second kappa shape index (κ2) is 8.35. The number of phenols is 1.